The highest BCUT2D eigenvalue weighted by Gasteiger charge is 2.47. The Morgan fingerprint density at radius 1 is 0.907 bits per heavy atom. The highest BCUT2D eigenvalue weighted by Crippen LogP contribution is 2.36. The number of rotatable bonds is 21. The number of benzene rings is 1. The number of likely N-dealkylation sites (tertiary alicyclic amines) is 1. The molecule has 1 saturated heterocycles. The molecule has 1 aromatic carbocycles. The fraction of sp³-hybridized carbons (Fsp3) is 0.732. The van der Waals surface area contributed by atoms with Gasteiger partial charge in [0.25, 0.3) is 0 Å². The van der Waals surface area contributed by atoms with Crippen LogP contribution in [0.15, 0.2) is 30.3 Å². The molecule has 1 fully saturated rings. The Bertz CT molecular complexity index is 1380. The fourth-order valence-electron chi connectivity index (χ4n) is 7.92. The van der Waals surface area contributed by atoms with Crippen LogP contribution >= 0.6 is 0 Å². The minimum atomic E-state index is -1.14. The summed E-state index contributed by atoms with van der Waals surface area (Å²) in [5, 5.41) is 18.7. The van der Waals surface area contributed by atoms with Crippen LogP contribution in [0.1, 0.15) is 87.1 Å². The third kappa shape index (κ3) is 11.7. The fourth-order valence-corrected chi connectivity index (χ4v) is 7.92. The van der Waals surface area contributed by atoms with Gasteiger partial charge in [-0.25, -0.2) is 4.79 Å². The lowest BCUT2D eigenvalue weighted by atomic mass is 9.89. The van der Waals surface area contributed by atoms with E-state index in [1.165, 1.54) is 7.11 Å². The molecule has 13 heteroatoms. The monoisotopic (exact) mass is 760 g/mol. The molecular weight excluding hydrogens is 690 g/mol. The number of hydrogen-bond donors (Lipinski definition) is 4. The Morgan fingerprint density at radius 3 is 1.98 bits per heavy atom. The van der Waals surface area contributed by atoms with Gasteiger partial charge >= 0.3 is 5.97 Å². The summed E-state index contributed by atoms with van der Waals surface area (Å²) in [6, 6.07) is 5.58. The molecule has 0 radical (unpaired) electrons. The second-order valence-electron chi connectivity index (χ2n) is 15.9. The molecule has 1 aliphatic rings. The van der Waals surface area contributed by atoms with E-state index >= 15 is 0 Å². The lowest BCUT2D eigenvalue weighted by molar-refractivity contribution is -0.149. The summed E-state index contributed by atoms with van der Waals surface area (Å²) < 4.78 is 12.0. The maximum Gasteiger partial charge on any atom is 0.326 e. The predicted molar refractivity (Wildman–Crippen MR) is 209 cm³/mol. The third-order valence-electron chi connectivity index (χ3n) is 11.5. The first-order valence-corrected chi connectivity index (χ1v) is 19.5. The van der Waals surface area contributed by atoms with E-state index in [1.54, 1.807) is 37.9 Å². The highest BCUT2D eigenvalue weighted by molar-refractivity contribution is 5.90. The van der Waals surface area contributed by atoms with Crippen LogP contribution in [0.25, 0.3) is 0 Å². The number of likely N-dealkylation sites (N-methyl/N-ethyl adjacent to an activating group) is 2. The van der Waals surface area contributed by atoms with E-state index in [1.807, 2.05) is 78.8 Å². The zero-order valence-electron chi connectivity index (χ0n) is 34.9. The number of carboxylic acids is 1. The van der Waals surface area contributed by atoms with Crippen LogP contribution in [-0.4, -0.2) is 121 Å². The molecule has 0 bridgehead atoms. The van der Waals surface area contributed by atoms with Crippen molar-refractivity contribution in [1.29, 1.82) is 0 Å². The maximum atomic E-state index is 14.5. The van der Waals surface area contributed by atoms with Gasteiger partial charge in [0.15, 0.2) is 0 Å². The largest absolute Gasteiger partial charge is 0.480 e. The number of ether oxygens (including phenoxy) is 2. The zero-order valence-corrected chi connectivity index (χ0v) is 34.9. The summed E-state index contributed by atoms with van der Waals surface area (Å²) in [7, 11) is 6.48. The minimum absolute atomic E-state index is 0.0169. The standard InChI is InChI=1S/C41H69N5O8/c1-14-25(6)36(45(11)40(50)35(24(4)5)44-39(49)34(42-10)23(2)3)32(53-12)22-33(47)46-28(9)26(7)20-31(46)37(54-13)27(8)38(48)43-30(41(51)52)21-29-18-16-15-17-19-29/h15-19,23-28,30-32,34-37,42H,14,20-22H2,1-13H3,(H,43,48)(H,44,49)(H,51,52)/t25?,26-,27?,28?,30-,31-,32?,34?,35-,36?,37?/m0/s1. The zero-order chi connectivity index (χ0) is 41.0. The molecule has 4 N–H and O–H groups in total. The SMILES string of the molecule is CCC(C)C(C(CC(=O)N1C(C)[C@@H](C)C[C@H]1C(OC)C(C)C(=O)N[C@@H](Cc1ccccc1)C(=O)O)OC)N(C)C(=O)[C@@H](NC(=O)C(NC)C(C)C)C(C)C. The number of aliphatic carboxylic acids is 1. The second-order valence-corrected chi connectivity index (χ2v) is 15.9. The average Bonchev–Trinajstić information content (AvgIpc) is 3.42. The van der Waals surface area contributed by atoms with Gasteiger partial charge < -0.3 is 40.3 Å². The van der Waals surface area contributed by atoms with Gasteiger partial charge in [-0.3, -0.25) is 19.2 Å². The summed E-state index contributed by atoms with van der Waals surface area (Å²) in [6.45, 7) is 17.5. The van der Waals surface area contributed by atoms with E-state index < -0.39 is 60.2 Å². The van der Waals surface area contributed by atoms with Crippen LogP contribution in [0.3, 0.4) is 0 Å². The summed E-state index contributed by atoms with van der Waals surface area (Å²) in [4.78, 5) is 71.1. The van der Waals surface area contributed by atoms with Crippen LogP contribution in [-0.2, 0) is 39.9 Å². The Labute approximate surface area is 323 Å². The minimum Gasteiger partial charge on any atom is -0.480 e. The van der Waals surface area contributed by atoms with Crippen molar-refractivity contribution in [3.05, 3.63) is 35.9 Å². The van der Waals surface area contributed by atoms with Crippen molar-refractivity contribution in [1.82, 2.24) is 25.8 Å². The van der Waals surface area contributed by atoms with Crippen molar-refractivity contribution in [2.75, 3.05) is 28.3 Å². The van der Waals surface area contributed by atoms with E-state index in [2.05, 4.69) is 22.9 Å². The number of methoxy groups -OCH3 is 2. The van der Waals surface area contributed by atoms with E-state index in [9.17, 15) is 29.1 Å². The Balaban J connectivity index is 2.36. The van der Waals surface area contributed by atoms with Gasteiger partial charge in [-0.05, 0) is 49.6 Å². The lowest BCUT2D eigenvalue weighted by Gasteiger charge is -2.41. The molecule has 0 spiro atoms. The molecule has 7 unspecified atom stereocenters. The molecule has 54 heavy (non-hydrogen) atoms. The highest BCUT2D eigenvalue weighted by atomic mass is 16.5. The number of nitrogens with zero attached hydrogens (tertiary/aromatic N) is 2. The van der Waals surface area contributed by atoms with Gasteiger partial charge in [-0.1, -0.05) is 92.1 Å². The first kappa shape index (κ1) is 46.6. The Kier molecular flexibility index (Phi) is 18.6. The van der Waals surface area contributed by atoms with E-state index in [0.717, 1.165) is 5.56 Å². The van der Waals surface area contributed by atoms with E-state index in [-0.39, 0.29) is 60.3 Å². The summed E-state index contributed by atoms with van der Waals surface area (Å²) >= 11 is 0. The normalized spacial score (nSPS) is 21.8. The molecular formula is C41H69N5O8. The third-order valence-corrected chi connectivity index (χ3v) is 11.5. The van der Waals surface area contributed by atoms with Gasteiger partial charge in [0, 0.05) is 33.7 Å². The molecule has 0 saturated carbocycles. The molecule has 1 aliphatic heterocycles. The number of carbonyl (C=O) groups is 5. The van der Waals surface area contributed by atoms with Crippen LogP contribution in [0, 0.1) is 29.6 Å². The van der Waals surface area contributed by atoms with Gasteiger partial charge in [-0.2, -0.15) is 0 Å². The van der Waals surface area contributed by atoms with Crippen LogP contribution in [0.2, 0.25) is 0 Å². The number of nitrogens with one attached hydrogen (secondary N) is 3. The smallest absolute Gasteiger partial charge is 0.326 e. The Morgan fingerprint density at radius 2 is 1.50 bits per heavy atom. The number of hydrogen-bond acceptors (Lipinski definition) is 8. The molecule has 4 amide bonds. The van der Waals surface area contributed by atoms with Gasteiger partial charge in [0.2, 0.25) is 23.6 Å². The first-order valence-electron chi connectivity index (χ1n) is 19.5. The topological polar surface area (TPSA) is 167 Å². The van der Waals surface area contributed by atoms with E-state index in [0.29, 0.717) is 12.8 Å². The molecule has 13 nitrogen and oxygen atoms in total. The summed E-state index contributed by atoms with van der Waals surface area (Å²) in [5.74, 6) is -3.24. The van der Waals surface area contributed by atoms with Crippen molar-refractivity contribution in [2.45, 2.75) is 136 Å². The van der Waals surface area contributed by atoms with Crippen molar-refractivity contribution < 1.29 is 38.6 Å². The van der Waals surface area contributed by atoms with Crippen molar-refractivity contribution >= 4 is 29.6 Å². The lowest BCUT2D eigenvalue weighted by Crippen LogP contribution is -2.60. The summed E-state index contributed by atoms with van der Waals surface area (Å²) in [5.41, 5.74) is 0.783. The second kappa shape index (κ2) is 21.5. The molecule has 1 heterocycles. The van der Waals surface area contributed by atoms with Crippen LogP contribution in [0.5, 0.6) is 0 Å². The molecule has 0 aliphatic carbocycles. The van der Waals surface area contributed by atoms with Crippen molar-refractivity contribution in [3.63, 3.8) is 0 Å². The predicted octanol–water partition coefficient (Wildman–Crippen LogP) is 3.74. The van der Waals surface area contributed by atoms with Crippen LogP contribution in [0.4, 0.5) is 0 Å². The average molecular weight is 760 g/mol. The molecule has 1 aromatic rings. The van der Waals surface area contributed by atoms with Crippen molar-refractivity contribution in [3.8, 4) is 0 Å². The number of carbonyl (C=O) groups excluding carboxylic acids is 4. The molecule has 306 valence electrons. The molecule has 11 atom stereocenters. The van der Waals surface area contributed by atoms with Crippen LogP contribution < -0.4 is 16.0 Å². The number of amides is 4. The van der Waals surface area contributed by atoms with Gasteiger partial charge in [0.05, 0.1) is 42.7 Å². The molecule has 0 aromatic heterocycles. The van der Waals surface area contributed by atoms with Crippen molar-refractivity contribution in [2.24, 2.45) is 29.6 Å². The Hall–Kier alpha value is -3.55. The summed E-state index contributed by atoms with van der Waals surface area (Å²) in [6.07, 6.45) is -0.00000613. The van der Waals surface area contributed by atoms with Gasteiger partial charge in [0.1, 0.15) is 12.1 Å². The maximum absolute atomic E-state index is 14.5. The molecule has 2 rings (SSSR count). The first-order chi connectivity index (χ1) is 25.4. The number of carboxylic acid groups (broad SMARTS) is 1. The quantitative estimate of drug-likeness (QED) is 0.146. The van der Waals surface area contributed by atoms with E-state index in [4.69, 9.17) is 9.47 Å². The van der Waals surface area contributed by atoms with Gasteiger partial charge in [-0.15, -0.1) is 0 Å².